The van der Waals surface area contributed by atoms with Gasteiger partial charge in [-0.2, -0.15) is 18.3 Å². The molecular weight excluding hydrogens is 423 g/mol. The minimum atomic E-state index is -4.59. The SMILES string of the molecule is Cc1oc2c(c1C(=O)N1CCC[C@H](c3cc(C(F)(F)F)c4c(N)[nH]nc4n3)C1)CCCC2. The molecule has 4 heterocycles. The van der Waals surface area contributed by atoms with Crippen molar-refractivity contribution in [2.24, 2.45) is 0 Å². The van der Waals surface area contributed by atoms with Gasteiger partial charge in [0.1, 0.15) is 17.3 Å². The number of carbonyl (C=O) groups excluding carboxylic acids is 1. The average molecular weight is 447 g/mol. The van der Waals surface area contributed by atoms with Crippen LogP contribution in [-0.2, 0) is 19.0 Å². The Labute approximate surface area is 182 Å². The first-order valence-electron chi connectivity index (χ1n) is 10.9. The Morgan fingerprint density at radius 2 is 2.06 bits per heavy atom. The summed E-state index contributed by atoms with van der Waals surface area (Å²) < 4.78 is 47.0. The number of carbonyl (C=O) groups is 1. The van der Waals surface area contributed by atoms with Crippen molar-refractivity contribution in [3.8, 4) is 0 Å². The second-order valence-electron chi connectivity index (χ2n) is 8.66. The van der Waals surface area contributed by atoms with E-state index in [9.17, 15) is 18.0 Å². The largest absolute Gasteiger partial charge is 0.465 e. The van der Waals surface area contributed by atoms with Gasteiger partial charge in [0.2, 0.25) is 0 Å². The summed E-state index contributed by atoms with van der Waals surface area (Å²) in [6.07, 6.45) is 0.451. The summed E-state index contributed by atoms with van der Waals surface area (Å²) in [5.41, 5.74) is 6.65. The summed E-state index contributed by atoms with van der Waals surface area (Å²) in [6.45, 7) is 2.66. The lowest BCUT2D eigenvalue weighted by atomic mass is 9.91. The molecule has 2 aliphatic rings. The van der Waals surface area contributed by atoms with Crippen LogP contribution in [0.2, 0.25) is 0 Å². The van der Waals surface area contributed by atoms with E-state index in [0.29, 0.717) is 37.3 Å². The number of H-pyrrole nitrogens is 1. The number of nitrogens with one attached hydrogen (secondary N) is 1. The van der Waals surface area contributed by atoms with Crippen LogP contribution in [0.5, 0.6) is 0 Å². The van der Waals surface area contributed by atoms with E-state index in [1.807, 2.05) is 0 Å². The van der Waals surface area contributed by atoms with E-state index in [1.165, 1.54) is 0 Å². The van der Waals surface area contributed by atoms with Crippen molar-refractivity contribution >= 4 is 22.8 Å². The highest BCUT2D eigenvalue weighted by molar-refractivity contribution is 5.97. The van der Waals surface area contributed by atoms with E-state index in [-0.39, 0.29) is 34.4 Å². The van der Waals surface area contributed by atoms with Crippen molar-refractivity contribution in [2.45, 2.75) is 57.5 Å². The highest BCUT2D eigenvalue weighted by Gasteiger charge is 2.37. The minimum Gasteiger partial charge on any atom is -0.465 e. The third-order valence-electron chi connectivity index (χ3n) is 6.57. The van der Waals surface area contributed by atoms with Crippen LogP contribution in [0.3, 0.4) is 0 Å². The Hall–Kier alpha value is -3.04. The third kappa shape index (κ3) is 3.41. The number of aryl methyl sites for hydroxylation is 2. The van der Waals surface area contributed by atoms with E-state index >= 15 is 0 Å². The summed E-state index contributed by atoms with van der Waals surface area (Å²) in [5, 5.41) is 6.02. The number of rotatable bonds is 2. The van der Waals surface area contributed by atoms with Gasteiger partial charge in [0.15, 0.2) is 5.65 Å². The van der Waals surface area contributed by atoms with Crippen molar-refractivity contribution in [2.75, 3.05) is 18.8 Å². The lowest BCUT2D eigenvalue weighted by molar-refractivity contribution is -0.136. The quantitative estimate of drug-likeness (QED) is 0.608. The third-order valence-corrected chi connectivity index (χ3v) is 6.57. The number of amides is 1. The number of anilines is 1. The molecule has 0 spiro atoms. The molecule has 170 valence electrons. The number of fused-ring (bicyclic) bond motifs is 2. The first-order valence-corrected chi connectivity index (χ1v) is 10.9. The Morgan fingerprint density at radius 1 is 1.28 bits per heavy atom. The van der Waals surface area contributed by atoms with Crippen LogP contribution in [0.1, 0.15) is 70.3 Å². The van der Waals surface area contributed by atoms with Gasteiger partial charge in [-0.3, -0.25) is 9.89 Å². The van der Waals surface area contributed by atoms with E-state index in [1.54, 1.807) is 11.8 Å². The molecule has 3 aromatic rings. The number of hydrogen-bond donors (Lipinski definition) is 2. The normalized spacial score (nSPS) is 19.4. The molecular formula is C22H24F3N5O2. The number of furan rings is 1. The summed E-state index contributed by atoms with van der Waals surface area (Å²) in [6, 6.07) is 1.05. The maximum Gasteiger partial charge on any atom is 0.417 e. The number of likely N-dealkylation sites (tertiary alicyclic amines) is 1. The minimum absolute atomic E-state index is 0.0597. The molecule has 1 aliphatic carbocycles. The van der Waals surface area contributed by atoms with Gasteiger partial charge in [-0.25, -0.2) is 4.98 Å². The number of halogens is 3. The van der Waals surface area contributed by atoms with Crippen LogP contribution in [0.25, 0.3) is 11.0 Å². The van der Waals surface area contributed by atoms with E-state index in [0.717, 1.165) is 43.1 Å². The number of nitrogens with zero attached hydrogens (tertiary/aromatic N) is 3. The van der Waals surface area contributed by atoms with Crippen molar-refractivity contribution in [1.29, 1.82) is 0 Å². The van der Waals surface area contributed by atoms with Gasteiger partial charge in [-0.1, -0.05) is 0 Å². The molecule has 1 amide bonds. The van der Waals surface area contributed by atoms with Crippen LogP contribution in [0, 0.1) is 6.92 Å². The van der Waals surface area contributed by atoms with Gasteiger partial charge in [0.25, 0.3) is 5.91 Å². The standard InChI is InChI=1S/C22H24F3N5O2/c1-11-17(13-6-2-3-7-16(13)32-11)21(31)30-8-4-5-12(10-30)15-9-14(22(23,24)25)18-19(26)28-29-20(18)27-15/h9,12H,2-8,10H2,1H3,(H3,26,27,28,29)/t12-/m0/s1. The van der Waals surface area contributed by atoms with Crippen LogP contribution >= 0.6 is 0 Å². The van der Waals surface area contributed by atoms with Crippen LogP contribution in [0.15, 0.2) is 10.5 Å². The zero-order valence-corrected chi connectivity index (χ0v) is 17.7. The predicted molar refractivity (Wildman–Crippen MR) is 111 cm³/mol. The maximum atomic E-state index is 13.7. The van der Waals surface area contributed by atoms with E-state index in [2.05, 4.69) is 15.2 Å². The van der Waals surface area contributed by atoms with Gasteiger partial charge in [0.05, 0.1) is 16.5 Å². The monoisotopic (exact) mass is 447 g/mol. The van der Waals surface area contributed by atoms with Gasteiger partial charge in [-0.15, -0.1) is 0 Å². The van der Waals surface area contributed by atoms with Crippen LogP contribution in [-0.4, -0.2) is 39.1 Å². The van der Waals surface area contributed by atoms with Crippen LogP contribution in [0.4, 0.5) is 19.0 Å². The van der Waals surface area contributed by atoms with Crippen molar-refractivity contribution in [3.63, 3.8) is 0 Å². The van der Waals surface area contributed by atoms with Gasteiger partial charge >= 0.3 is 6.18 Å². The molecule has 0 aromatic carbocycles. The summed E-state index contributed by atoms with van der Waals surface area (Å²) in [4.78, 5) is 19.5. The first-order chi connectivity index (χ1) is 15.2. The highest BCUT2D eigenvalue weighted by atomic mass is 19.4. The lowest BCUT2D eigenvalue weighted by Crippen LogP contribution is -2.40. The zero-order valence-electron chi connectivity index (χ0n) is 17.7. The average Bonchev–Trinajstić information content (AvgIpc) is 3.31. The molecule has 1 atom stereocenters. The van der Waals surface area contributed by atoms with Crippen LogP contribution < -0.4 is 5.73 Å². The number of hydrogen-bond acceptors (Lipinski definition) is 5. The lowest BCUT2D eigenvalue weighted by Gasteiger charge is -2.33. The fraction of sp³-hybridized carbons (Fsp3) is 0.500. The zero-order chi connectivity index (χ0) is 22.6. The van der Waals surface area contributed by atoms with Gasteiger partial charge in [-0.05, 0) is 45.1 Å². The predicted octanol–water partition coefficient (Wildman–Crippen LogP) is 4.36. The molecule has 7 nitrogen and oxygen atoms in total. The number of piperidine rings is 1. The number of aromatic nitrogens is 3. The second-order valence-corrected chi connectivity index (χ2v) is 8.66. The summed E-state index contributed by atoms with van der Waals surface area (Å²) in [7, 11) is 0. The smallest absolute Gasteiger partial charge is 0.417 e. The molecule has 1 aliphatic heterocycles. The summed E-state index contributed by atoms with van der Waals surface area (Å²) >= 11 is 0. The molecule has 10 heteroatoms. The molecule has 3 aromatic heterocycles. The molecule has 1 saturated heterocycles. The number of nitrogens with two attached hydrogens (primary N) is 1. The number of aromatic amines is 1. The number of pyridine rings is 1. The molecule has 0 radical (unpaired) electrons. The molecule has 1 fully saturated rings. The Morgan fingerprint density at radius 3 is 2.84 bits per heavy atom. The van der Waals surface area contributed by atoms with E-state index < -0.39 is 11.7 Å². The molecule has 5 rings (SSSR count). The van der Waals surface area contributed by atoms with E-state index in [4.69, 9.17) is 10.2 Å². The molecule has 0 saturated carbocycles. The Balaban J connectivity index is 1.47. The van der Waals surface area contributed by atoms with Crippen molar-refractivity contribution < 1.29 is 22.4 Å². The fourth-order valence-corrected chi connectivity index (χ4v) is 5.04. The first kappa shape index (κ1) is 20.8. The highest BCUT2D eigenvalue weighted by Crippen LogP contribution is 2.39. The fourth-order valence-electron chi connectivity index (χ4n) is 5.04. The van der Waals surface area contributed by atoms with Gasteiger partial charge in [0, 0.05) is 36.7 Å². The molecule has 0 bridgehead atoms. The number of nitrogen functional groups attached to an aromatic ring is 1. The molecule has 3 N–H and O–H groups in total. The van der Waals surface area contributed by atoms with Gasteiger partial charge < -0.3 is 15.1 Å². The second kappa shape index (κ2) is 7.53. The topological polar surface area (TPSA) is 101 Å². The number of alkyl halides is 3. The molecule has 32 heavy (non-hydrogen) atoms. The van der Waals surface area contributed by atoms with Crippen molar-refractivity contribution in [3.05, 3.63) is 40.0 Å². The molecule has 0 unspecified atom stereocenters. The Kier molecular flexibility index (Phi) is 4.90. The summed E-state index contributed by atoms with van der Waals surface area (Å²) in [5.74, 6) is 0.921. The van der Waals surface area contributed by atoms with Crippen molar-refractivity contribution in [1.82, 2.24) is 20.1 Å². The maximum absolute atomic E-state index is 13.7. The Bertz CT molecular complexity index is 1200.